The van der Waals surface area contributed by atoms with Gasteiger partial charge in [0.1, 0.15) is 18.8 Å². The third kappa shape index (κ3) is 7.40. The van der Waals surface area contributed by atoms with Gasteiger partial charge in [-0.3, -0.25) is 14.4 Å². The van der Waals surface area contributed by atoms with E-state index in [4.69, 9.17) is 21.1 Å². The van der Waals surface area contributed by atoms with E-state index in [0.29, 0.717) is 23.2 Å². The fourth-order valence-corrected chi connectivity index (χ4v) is 4.78. The highest BCUT2D eigenvalue weighted by atomic mass is 35.5. The monoisotopic (exact) mass is 588 g/mol. The standard InChI is InChI=1S/C24H24ClF3N4O6S/c25-19-7-6-18(39-19)22(35)29-11-16(31-23(36)38-14-2-1-3-14)21(34)30-13-4-5-17(15(10-13)24(26,27)28)32-8-9-37-12-20(32)33/h4-7,10,14,16H,1-3,8-9,11-12H2,(H,29,35)(H,30,34)(H,31,36)/t16-/m1/s1. The molecule has 3 N–H and O–H groups in total. The van der Waals surface area contributed by atoms with Crippen molar-refractivity contribution in [1.29, 1.82) is 0 Å². The van der Waals surface area contributed by atoms with Gasteiger partial charge in [-0.15, -0.1) is 11.3 Å². The van der Waals surface area contributed by atoms with Crippen molar-refractivity contribution in [3.8, 4) is 0 Å². The van der Waals surface area contributed by atoms with Crippen LogP contribution in [0.3, 0.4) is 0 Å². The maximum absolute atomic E-state index is 13.9. The van der Waals surface area contributed by atoms with Crippen molar-refractivity contribution in [1.82, 2.24) is 10.6 Å². The van der Waals surface area contributed by atoms with Gasteiger partial charge < -0.3 is 30.3 Å². The first-order valence-corrected chi connectivity index (χ1v) is 13.1. The molecule has 1 saturated heterocycles. The van der Waals surface area contributed by atoms with Gasteiger partial charge in [0.2, 0.25) is 5.91 Å². The zero-order chi connectivity index (χ0) is 28.2. The Morgan fingerprint density at radius 1 is 1.21 bits per heavy atom. The number of alkyl carbamates (subject to hydrolysis) is 1. The fraction of sp³-hybridized carbons (Fsp3) is 0.417. The summed E-state index contributed by atoms with van der Waals surface area (Å²) in [6, 6.07) is 4.61. The van der Waals surface area contributed by atoms with E-state index < -0.39 is 41.6 Å². The Labute approximate surface area is 229 Å². The number of nitrogens with zero attached hydrogens (tertiary/aromatic N) is 1. The number of rotatable bonds is 8. The summed E-state index contributed by atoms with van der Waals surface area (Å²) >= 11 is 6.86. The number of amides is 4. The van der Waals surface area contributed by atoms with Gasteiger partial charge in [0.15, 0.2) is 0 Å². The Hall–Kier alpha value is -3.36. The number of carbonyl (C=O) groups is 4. The number of benzene rings is 1. The number of hydrogen-bond acceptors (Lipinski definition) is 7. The van der Waals surface area contributed by atoms with Crippen molar-refractivity contribution in [2.75, 3.05) is 36.5 Å². The third-order valence-electron chi connectivity index (χ3n) is 6.04. The highest BCUT2D eigenvalue weighted by molar-refractivity contribution is 7.18. The predicted octanol–water partition coefficient (Wildman–Crippen LogP) is 3.80. The Morgan fingerprint density at radius 2 is 1.97 bits per heavy atom. The molecular weight excluding hydrogens is 565 g/mol. The van der Waals surface area contributed by atoms with Crippen LogP contribution in [-0.4, -0.2) is 62.3 Å². The number of nitrogens with one attached hydrogen (secondary N) is 3. The van der Waals surface area contributed by atoms with E-state index in [0.717, 1.165) is 28.7 Å². The van der Waals surface area contributed by atoms with Gasteiger partial charge in [0.05, 0.1) is 27.1 Å². The topological polar surface area (TPSA) is 126 Å². The Balaban J connectivity index is 1.50. The van der Waals surface area contributed by atoms with Gasteiger partial charge in [0, 0.05) is 18.8 Å². The maximum Gasteiger partial charge on any atom is 0.418 e. The first-order valence-electron chi connectivity index (χ1n) is 11.9. The number of halogens is 4. The molecule has 1 aliphatic carbocycles. The summed E-state index contributed by atoms with van der Waals surface area (Å²) < 4.78 is 52.3. The van der Waals surface area contributed by atoms with Crippen LogP contribution < -0.4 is 20.9 Å². The Kier molecular flexibility index (Phi) is 8.97. The van der Waals surface area contributed by atoms with Gasteiger partial charge in [-0.1, -0.05) is 11.6 Å². The summed E-state index contributed by atoms with van der Waals surface area (Å²) in [4.78, 5) is 51.2. The Morgan fingerprint density at radius 3 is 2.59 bits per heavy atom. The smallest absolute Gasteiger partial charge is 0.418 e. The predicted molar refractivity (Wildman–Crippen MR) is 136 cm³/mol. The SMILES string of the molecule is O=C(N[C@H](CNC(=O)c1ccc(Cl)s1)C(=O)Nc1ccc(N2CCOCC2=O)c(C(F)(F)F)c1)OC1CCC1. The lowest BCUT2D eigenvalue weighted by molar-refractivity contribution is -0.137. The van der Waals surface area contributed by atoms with Crippen LogP contribution in [-0.2, 0) is 25.2 Å². The molecule has 1 atom stereocenters. The number of hydrogen-bond donors (Lipinski definition) is 3. The summed E-state index contributed by atoms with van der Waals surface area (Å²) in [5.41, 5.74) is -1.73. The molecule has 0 radical (unpaired) electrons. The lowest BCUT2D eigenvalue weighted by Gasteiger charge is -2.29. The van der Waals surface area contributed by atoms with Crippen LogP contribution >= 0.6 is 22.9 Å². The molecule has 0 unspecified atom stereocenters. The molecule has 15 heteroatoms. The minimum atomic E-state index is -4.84. The molecule has 1 saturated carbocycles. The largest absolute Gasteiger partial charge is 0.446 e. The molecule has 10 nitrogen and oxygen atoms in total. The van der Waals surface area contributed by atoms with Gasteiger partial charge in [-0.2, -0.15) is 13.2 Å². The van der Waals surface area contributed by atoms with Crippen molar-refractivity contribution in [3.63, 3.8) is 0 Å². The van der Waals surface area contributed by atoms with Crippen LogP contribution in [0.4, 0.5) is 29.3 Å². The molecule has 210 valence electrons. The molecule has 4 amide bonds. The average Bonchev–Trinajstić information content (AvgIpc) is 3.30. The molecule has 39 heavy (non-hydrogen) atoms. The lowest BCUT2D eigenvalue weighted by Crippen LogP contribution is -2.51. The molecule has 2 aliphatic rings. The molecule has 1 aromatic carbocycles. The summed E-state index contributed by atoms with van der Waals surface area (Å²) in [7, 11) is 0. The highest BCUT2D eigenvalue weighted by Gasteiger charge is 2.37. The second-order valence-corrected chi connectivity index (χ2v) is 10.5. The van der Waals surface area contributed by atoms with E-state index in [2.05, 4.69) is 16.0 Å². The Bertz CT molecular complexity index is 1250. The maximum atomic E-state index is 13.9. The van der Waals surface area contributed by atoms with Crippen LogP contribution in [0.25, 0.3) is 0 Å². The summed E-state index contributed by atoms with van der Waals surface area (Å²) in [6.07, 6.45) is -3.77. The summed E-state index contributed by atoms with van der Waals surface area (Å²) in [6.45, 7) is -0.705. The van der Waals surface area contributed by atoms with Crippen LogP contribution in [0.1, 0.15) is 34.5 Å². The van der Waals surface area contributed by atoms with E-state index in [1.807, 2.05) is 0 Å². The molecule has 0 spiro atoms. The number of ether oxygens (including phenoxy) is 2. The minimum absolute atomic E-state index is 0.0577. The average molecular weight is 589 g/mol. The van der Waals surface area contributed by atoms with Crippen LogP contribution in [0.5, 0.6) is 0 Å². The molecule has 2 fully saturated rings. The van der Waals surface area contributed by atoms with E-state index >= 15 is 0 Å². The normalized spacial score (nSPS) is 16.7. The van der Waals surface area contributed by atoms with Crippen molar-refractivity contribution in [3.05, 3.63) is 45.1 Å². The zero-order valence-corrected chi connectivity index (χ0v) is 21.9. The van der Waals surface area contributed by atoms with E-state index in [1.165, 1.54) is 18.2 Å². The lowest BCUT2D eigenvalue weighted by atomic mass is 9.96. The summed E-state index contributed by atoms with van der Waals surface area (Å²) in [5, 5.41) is 7.21. The van der Waals surface area contributed by atoms with E-state index in [-0.39, 0.29) is 48.7 Å². The van der Waals surface area contributed by atoms with Crippen molar-refractivity contribution in [2.45, 2.75) is 37.6 Å². The highest BCUT2D eigenvalue weighted by Crippen LogP contribution is 2.38. The molecule has 1 aromatic heterocycles. The van der Waals surface area contributed by atoms with Gasteiger partial charge in [0.25, 0.3) is 11.8 Å². The molecule has 1 aliphatic heterocycles. The minimum Gasteiger partial charge on any atom is -0.446 e. The molecule has 2 heterocycles. The first kappa shape index (κ1) is 28.6. The van der Waals surface area contributed by atoms with Gasteiger partial charge >= 0.3 is 12.3 Å². The number of morpholine rings is 1. The van der Waals surface area contributed by atoms with Crippen LogP contribution in [0.2, 0.25) is 4.34 Å². The van der Waals surface area contributed by atoms with Crippen molar-refractivity contribution >= 4 is 58.1 Å². The fourth-order valence-electron chi connectivity index (χ4n) is 3.82. The second kappa shape index (κ2) is 12.2. The van der Waals surface area contributed by atoms with E-state index in [1.54, 1.807) is 0 Å². The first-order chi connectivity index (χ1) is 18.5. The van der Waals surface area contributed by atoms with Crippen molar-refractivity contribution in [2.24, 2.45) is 0 Å². The van der Waals surface area contributed by atoms with Crippen molar-refractivity contribution < 1.29 is 41.8 Å². The van der Waals surface area contributed by atoms with Gasteiger partial charge in [-0.05, 0) is 49.6 Å². The number of alkyl halides is 3. The summed E-state index contributed by atoms with van der Waals surface area (Å²) in [5.74, 6) is -2.08. The van der Waals surface area contributed by atoms with Crippen LogP contribution in [0, 0.1) is 0 Å². The molecule has 2 aromatic rings. The molecule has 4 rings (SSSR count). The third-order valence-corrected chi connectivity index (χ3v) is 7.27. The van der Waals surface area contributed by atoms with E-state index in [9.17, 15) is 32.3 Å². The zero-order valence-electron chi connectivity index (χ0n) is 20.3. The van der Waals surface area contributed by atoms with Gasteiger partial charge in [-0.25, -0.2) is 4.79 Å². The molecular formula is C24H24ClF3N4O6S. The number of thiophene rings is 1. The molecule has 0 bridgehead atoms. The van der Waals surface area contributed by atoms with Crippen LogP contribution in [0.15, 0.2) is 30.3 Å². The quantitative estimate of drug-likeness (QED) is 0.431. The number of carbonyl (C=O) groups excluding carboxylic acids is 4. The number of anilines is 2. The second-order valence-electron chi connectivity index (χ2n) is 8.79.